The second-order valence-electron chi connectivity index (χ2n) is 3.98. The highest BCUT2D eigenvalue weighted by Gasteiger charge is 2.20. The molecular formula is C13H20N2O2. The van der Waals surface area contributed by atoms with Crippen LogP contribution in [0.15, 0.2) is 24.3 Å². The standard InChI is InChI=1S/C13H20N2O2/c1-4-15(13(16)12(14)9-17-3)11-7-5-10(2)6-8-11/h5-8,12H,4,9,14H2,1-3H3. The second-order valence-corrected chi connectivity index (χ2v) is 3.98. The number of nitrogens with zero attached hydrogens (tertiary/aromatic N) is 1. The Balaban J connectivity index is 2.84. The van der Waals surface area contributed by atoms with Gasteiger partial charge in [-0.3, -0.25) is 4.79 Å². The normalized spacial score (nSPS) is 12.2. The Morgan fingerprint density at radius 1 is 1.41 bits per heavy atom. The predicted molar refractivity (Wildman–Crippen MR) is 69.1 cm³/mol. The lowest BCUT2D eigenvalue weighted by Crippen LogP contribution is -2.46. The third kappa shape index (κ3) is 3.54. The first-order chi connectivity index (χ1) is 8.10. The van der Waals surface area contributed by atoms with Crippen LogP contribution in [0.2, 0.25) is 0 Å². The van der Waals surface area contributed by atoms with E-state index >= 15 is 0 Å². The highest BCUT2D eigenvalue weighted by Crippen LogP contribution is 2.15. The topological polar surface area (TPSA) is 55.6 Å². The summed E-state index contributed by atoms with van der Waals surface area (Å²) in [5.74, 6) is -0.113. The lowest BCUT2D eigenvalue weighted by atomic mass is 10.2. The molecule has 0 spiro atoms. The van der Waals surface area contributed by atoms with Gasteiger partial charge in [-0.05, 0) is 26.0 Å². The summed E-state index contributed by atoms with van der Waals surface area (Å²) < 4.78 is 4.90. The molecule has 4 nitrogen and oxygen atoms in total. The molecule has 1 aromatic rings. The molecule has 1 rings (SSSR count). The van der Waals surface area contributed by atoms with Gasteiger partial charge in [-0.2, -0.15) is 0 Å². The highest BCUT2D eigenvalue weighted by molar-refractivity contribution is 5.97. The lowest BCUT2D eigenvalue weighted by molar-refractivity contribution is -0.120. The van der Waals surface area contributed by atoms with E-state index in [1.807, 2.05) is 38.1 Å². The quantitative estimate of drug-likeness (QED) is 0.839. The zero-order chi connectivity index (χ0) is 12.8. The number of likely N-dealkylation sites (N-methyl/N-ethyl adjacent to an activating group) is 1. The minimum atomic E-state index is -0.610. The van der Waals surface area contributed by atoms with Gasteiger partial charge in [0.15, 0.2) is 0 Å². The SMILES string of the molecule is CCN(C(=O)C(N)COC)c1ccc(C)cc1. The number of benzene rings is 1. The fourth-order valence-electron chi connectivity index (χ4n) is 1.64. The molecule has 94 valence electrons. The van der Waals surface area contributed by atoms with Gasteiger partial charge in [0.25, 0.3) is 0 Å². The van der Waals surface area contributed by atoms with Crippen LogP contribution < -0.4 is 10.6 Å². The second kappa shape index (κ2) is 6.37. The molecule has 4 heteroatoms. The number of amides is 1. The number of anilines is 1. The highest BCUT2D eigenvalue weighted by atomic mass is 16.5. The van der Waals surface area contributed by atoms with E-state index in [9.17, 15) is 4.79 Å². The number of carbonyl (C=O) groups is 1. The molecule has 1 atom stereocenters. The molecule has 0 radical (unpaired) electrons. The third-order valence-electron chi connectivity index (χ3n) is 2.59. The average molecular weight is 236 g/mol. The Morgan fingerprint density at radius 3 is 2.47 bits per heavy atom. The number of aryl methyl sites for hydroxylation is 1. The Kier molecular flexibility index (Phi) is 5.12. The van der Waals surface area contributed by atoms with Crippen molar-refractivity contribution in [2.45, 2.75) is 19.9 Å². The molecule has 0 fully saturated rings. The molecule has 0 saturated carbocycles. The van der Waals surface area contributed by atoms with Crippen molar-refractivity contribution < 1.29 is 9.53 Å². The van der Waals surface area contributed by atoms with Crippen LogP contribution in [-0.2, 0) is 9.53 Å². The van der Waals surface area contributed by atoms with E-state index in [0.717, 1.165) is 5.69 Å². The first-order valence-electron chi connectivity index (χ1n) is 5.72. The van der Waals surface area contributed by atoms with Gasteiger partial charge >= 0.3 is 0 Å². The molecule has 1 unspecified atom stereocenters. The van der Waals surface area contributed by atoms with E-state index < -0.39 is 6.04 Å². The Hall–Kier alpha value is -1.39. The fourth-order valence-corrected chi connectivity index (χ4v) is 1.64. The number of ether oxygens (including phenoxy) is 1. The summed E-state index contributed by atoms with van der Waals surface area (Å²) in [5.41, 5.74) is 7.79. The Labute approximate surface area is 102 Å². The van der Waals surface area contributed by atoms with Crippen molar-refractivity contribution in [3.8, 4) is 0 Å². The van der Waals surface area contributed by atoms with Crippen molar-refractivity contribution >= 4 is 11.6 Å². The van der Waals surface area contributed by atoms with Crippen LogP contribution in [0.3, 0.4) is 0 Å². The van der Waals surface area contributed by atoms with E-state index in [4.69, 9.17) is 10.5 Å². The number of hydrogen-bond donors (Lipinski definition) is 1. The predicted octanol–water partition coefficient (Wildman–Crippen LogP) is 1.32. The van der Waals surface area contributed by atoms with Crippen LogP contribution in [-0.4, -0.2) is 32.2 Å². The fraction of sp³-hybridized carbons (Fsp3) is 0.462. The molecule has 0 bridgehead atoms. The maximum atomic E-state index is 12.1. The van der Waals surface area contributed by atoms with Crippen molar-refractivity contribution in [1.82, 2.24) is 0 Å². The zero-order valence-corrected chi connectivity index (χ0v) is 10.6. The Morgan fingerprint density at radius 2 is 2.00 bits per heavy atom. The van der Waals surface area contributed by atoms with Gasteiger partial charge in [0.1, 0.15) is 6.04 Å². The summed E-state index contributed by atoms with van der Waals surface area (Å²) in [5, 5.41) is 0. The van der Waals surface area contributed by atoms with Crippen LogP contribution >= 0.6 is 0 Å². The average Bonchev–Trinajstić information content (AvgIpc) is 2.32. The first kappa shape index (κ1) is 13.7. The smallest absolute Gasteiger partial charge is 0.246 e. The molecule has 1 amide bonds. The molecule has 0 aliphatic heterocycles. The maximum absolute atomic E-state index is 12.1. The molecular weight excluding hydrogens is 216 g/mol. The van der Waals surface area contributed by atoms with Crippen LogP contribution in [0.1, 0.15) is 12.5 Å². The minimum absolute atomic E-state index is 0.113. The third-order valence-corrected chi connectivity index (χ3v) is 2.59. The van der Waals surface area contributed by atoms with Crippen LogP contribution in [0.5, 0.6) is 0 Å². The molecule has 2 N–H and O–H groups in total. The summed E-state index contributed by atoms with van der Waals surface area (Å²) in [6.07, 6.45) is 0. The molecule has 0 aliphatic carbocycles. The van der Waals surface area contributed by atoms with Gasteiger partial charge in [-0.15, -0.1) is 0 Å². The van der Waals surface area contributed by atoms with Crippen molar-refractivity contribution in [2.24, 2.45) is 5.73 Å². The monoisotopic (exact) mass is 236 g/mol. The Bertz CT molecular complexity index is 362. The summed E-state index contributed by atoms with van der Waals surface area (Å²) >= 11 is 0. The van der Waals surface area contributed by atoms with Gasteiger partial charge < -0.3 is 15.4 Å². The number of hydrogen-bond acceptors (Lipinski definition) is 3. The summed E-state index contributed by atoms with van der Waals surface area (Å²) in [4.78, 5) is 13.7. The number of rotatable bonds is 5. The van der Waals surface area contributed by atoms with Crippen LogP contribution in [0.4, 0.5) is 5.69 Å². The van der Waals surface area contributed by atoms with Crippen molar-refractivity contribution in [1.29, 1.82) is 0 Å². The van der Waals surface area contributed by atoms with Gasteiger partial charge in [0.2, 0.25) is 5.91 Å². The van der Waals surface area contributed by atoms with Crippen molar-refractivity contribution in [2.75, 3.05) is 25.2 Å². The van der Waals surface area contributed by atoms with Crippen LogP contribution in [0.25, 0.3) is 0 Å². The molecule has 0 saturated heterocycles. The van der Waals surface area contributed by atoms with Gasteiger partial charge in [-0.25, -0.2) is 0 Å². The molecule has 0 heterocycles. The minimum Gasteiger partial charge on any atom is -0.383 e. The summed E-state index contributed by atoms with van der Waals surface area (Å²) in [6.45, 7) is 4.77. The summed E-state index contributed by atoms with van der Waals surface area (Å²) in [6, 6.07) is 7.20. The maximum Gasteiger partial charge on any atom is 0.246 e. The van der Waals surface area contributed by atoms with Gasteiger partial charge in [-0.1, -0.05) is 17.7 Å². The van der Waals surface area contributed by atoms with E-state index in [2.05, 4.69) is 0 Å². The van der Waals surface area contributed by atoms with E-state index in [-0.39, 0.29) is 12.5 Å². The number of carbonyl (C=O) groups excluding carboxylic acids is 1. The molecule has 0 aliphatic rings. The van der Waals surface area contributed by atoms with E-state index in [1.54, 1.807) is 4.90 Å². The first-order valence-corrected chi connectivity index (χ1v) is 5.72. The largest absolute Gasteiger partial charge is 0.383 e. The van der Waals surface area contributed by atoms with Gasteiger partial charge in [0.05, 0.1) is 6.61 Å². The lowest BCUT2D eigenvalue weighted by Gasteiger charge is -2.24. The zero-order valence-electron chi connectivity index (χ0n) is 10.6. The van der Waals surface area contributed by atoms with Crippen molar-refractivity contribution in [3.63, 3.8) is 0 Å². The molecule has 0 aromatic heterocycles. The van der Waals surface area contributed by atoms with Crippen molar-refractivity contribution in [3.05, 3.63) is 29.8 Å². The van der Waals surface area contributed by atoms with Gasteiger partial charge in [0, 0.05) is 19.3 Å². The van der Waals surface area contributed by atoms with Crippen LogP contribution in [0, 0.1) is 6.92 Å². The number of methoxy groups -OCH3 is 1. The summed E-state index contributed by atoms with van der Waals surface area (Å²) in [7, 11) is 1.54. The molecule has 17 heavy (non-hydrogen) atoms. The molecule has 1 aromatic carbocycles. The number of nitrogens with two attached hydrogens (primary N) is 1. The van der Waals surface area contributed by atoms with E-state index in [0.29, 0.717) is 6.54 Å². The van der Waals surface area contributed by atoms with E-state index in [1.165, 1.54) is 12.7 Å².